The molecular weight excluding hydrogens is 352 g/mol. The standard InChI is InChI=1S/C23H30N2O3/c1-5-20(23(27)24-6-2)25(15-19-10-8-7-9-11-19)22(26)16-28-21-14-17(3)12-13-18(21)4/h7-14,20H,5-6,15-16H2,1-4H3,(H,24,27)/t20-/m0/s1. The van der Waals surface area contributed by atoms with Crippen molar-refractivity contribution in [3.63, 3.8) is 0 Å². The van der Waals surface area contributed by atoms with Crippen molar-refractivity contribution in [1.82, 2.24) is 10.2 Å². The third-order valence-electron chi connectivity index (χ3n) is 4.63. The van der Waals surface area contributed by atoms with E-state index >= 15 is 0 Å². The van der Waals surface area contributed by atoms with Crippen LogP contribution >= 0.6 is 0 Å². The van der Waals surface area contributed by atoms with E-state index in [0.717, 1.165) is 16.7 Å². The Kier molecular flexibility index (Phi) is 8.05. The highest BCUT2D eigenvalue weighted by atomic mass is 16.5. The minimum Gasteiger partial charge on any atom is -0.483 e. The molecule has 0 saturated carbocycles. The van der Waals surface area contributed by atoms with E-state index in [0.29, 0.717) is 25.3 Å². The van der Waals surface area contributed by atoms with Gasteiger partial charge >= 0.3 is 0 Å². The zero-order valence-electron chi connectivity index (χ0n) is 17.2. The number of likely N-dealkylation sites (N-methyl/N-ethyl adjacent to an activating group) is 1. The number of carbonyl (C=O) groups excluding carboxylic acids is 2. The number of nitrogens with one attached hydrogen (secondary N) is 1. The summed E-state index contributed by atoms with van der Waals surface area (Å²) in [6.45, 7) is 8.51. The summed E-state index contributed by atoms with van der Waals surface area (Å²) in [6.07, 6.45) is 0.536. The Hall–Kier alpha value is -2.82. The molecule has 0 fully saturated rings. The van der Waals surface area contributed by atoms with Gasteiger partial charge in [0.2, 0.25) is 5.91 Å². The fourth-order valence-electron chi connectivity index (χ4n) is 3.08. The minimum absolute atomic E-state index is 0.104. The van der Waals surface area contributed by atoms with E-state index in [1.807, 2.05) is 76.2 Å². The molecule has 0 aliphatic carbocycles. The largest absolute Gasteiger partial charge is 0.483 e. The Labute approximate surface area is 167 Å². The zero-order valence-corrected chi connectivity index (χ0v) is 17.2. The Bertz CT molecular complexity index is 790. The lowest BCUT2D eigenvalue weighted by Gasteiger charge is -2.30. The lowest BCUT2D eigenvalue weighted by molar-refractivity contribution is -0.142. The molecule has 0 saturated heterocycles. The van der Waals surface area contributed by atoms with Crippen LogP contribution < -0.4 is 10.1 Å². The van der Waals surface area contributed by atoms with E-state index in [9.17, 15) is 9.59 Å². The monoisotopic (exact) mass is 382 g/mol. The van der Waals surface area contributed by atoms with Crippen LogP contribution in [-0.4, -0.2) is 35.9 Å². The van der Waals surface area contributed by atoms with Gasteiger partial charge in [0.05, 0.1) is 0 Å². The molecule has 2 aromatic carbocycles. The maximum Gasteiger partial charge on any atom is 0.261 e. The first-order valence-electron chi connectivity index (χ1n) is 9.77. The van der Waals surface area contributed by atoms with Crippen molar-refractivity contribution in [2.75, 3.05) is 13.2 Å². The van der Waals surface area contributed by atoms with Gasteiger partial charge in [-0.2, -0.15) is 0 Å². The summed E-state index contributed by atoms with van der Waals surface area (Å²) in [4.78, 5) is 27.2. The lowest BCUT2D eigenvalue weighted by Crippen LogP contribution is -2.50. The SMILES string of the molecule is CCNC(=O)[C@H](CC)N(Cc1ccccc1)C(=O)COc1cc(C)ccc1C. The molecule has 0 aliphatic heterocycles. The molecule has 0 spiro atoms. The van der Waals surface area contributed by atoms with Crippen LogP contribution in [0.3, 0.4) is 0 Å². The Morgan fingerprint density at radius 1 is 1.07 bits per heavy atom. The molecule has 0 unspecified atom stereocenters. The predicted octanol–water partition coefficient (Wildman–Crippen LogP) is 3.63. The second-order valence-electron chi connectivity index (χ2n) is 6.88. The average molecular weight is 383 g/mol. The van der Waals surface area contributed by atoms with Crippen molar-refractivity contribution in [3.8, 4) is 5.75 Å². The molecule has 0 aromatic heterocycles. The Morgan fingerprint density at radius 2 is 1.79 bits per heavy atom. The maximum atomic E-state index is 13.0. The van der Waals surface area contributed by atoms with Crippen LogP contribution in [0.4, 0.5) is 0 Å². The highest BCUT2D eigenvalue weighted by Crippen LogP contribution is 2.20. The number of ether oxygens (including phenoxy) is 1. The molecule has 0 heterocycles. The van der Waals surface area contributed by atoms with E-state index < -0.39 is 6.04 Å². The fourth-order valence-corrected chi connectivity index (χ4v) is 3.08. The summed E-state index contributed by atoms with van der Waals surface area (Å²) in [5, 5.41) is 2.83. The van der Waals surface area contributed by atoms with E-state index in [4.69, 9.17) is 4.74 Å². The third kappa shape index (κ3) is 5.84. The van der Waals surface area contributed by atoms with Crippen molar-refractivity contribution in [3.05, 3.63) is 65.2 Å². The van der Waals surface area contributed by atoms with Gasteiger partial charge in [-0.3, -0.25) is 9.59 Å². The number of hydrogen-bond acceptors (Lipinski definition) is 3. The first-order valence-corrected chi connectivity index (χ1v) is 9.77. The van der Waals surface area contributed by atoms with Crippen LogP contribution in [0.25, 0.3) is 0 Å². The quantitative estimate of drug-likeness (QED) is 0.721. The summed E-state index contributed by atoms with van der Waals surface area (Å²) in [6, 6.07) is 15.1. The van der Waals surface area contributed by atoms with Gasteiger partial charge in [0.15, 0.2) is 6.61 Å². The summed E-state index contributed by atoms with van der Waals surface area (Å²) in [5.74, 6) is 0.350. The minimum atomic E-state index is -0.533. The highest BCUT2D eigenvalue weighted by molar-refractivity contribution is 5.88. The molecule has 2 aromatic rings. The van der Waals surface area contributed by atoms with Crippen LogP contribution in [0.15, 0.2) is 48.5 Å². The molecule has 1 N–H and O–H groups in total. The molecule has 5 heteroatoms. The Morgan fingerprint density at radius 3 is 2.43 bits per heavy atom. The van der Waals surface area contributed by atoms with Crippen molar-refractivity contribution >= 4 is 11.8 Å². The van der Waals surface area contributed by atoms with Crippen molar-refractivity contribution in [2.45, 2.75) is 46.7 Å². The van der Waals surface area contributed by atoms with Crippen molar-refractivity contribution in [2.24, 2.45) is 0 Å². The van der Waals surface area contributed by atoms with E-state index in [1.165, 1.54) is 0 Å². The zero-order chi connectivity index (χ0) is 20.5. The molecule has 0 aliphatic rings. The summed E-state index contributed by atoms with van der Waals surface area (Å²) in [7, 11) is 0. The summed E-state index contributed by atoms with van der Waals surface area (Å²) in [5.41, 5.74) is 3.03. The fraction of sp³-hybridized carbons (Fsp3) is 0.391. The molecule has 5 nitrogen and oxygen atoms in total. The van der Waals surface area contributed by atoms with Gasteiger partial charge in [0, 0.05) is 13.1 Å². The van der Waals surface area contributed by atoms with Gasteiger partial charge in [0.25, 0.3) is 5.91 Å². The number of benzene rings is 2. The van der Waals surface area contributed by atoms with E-state index in [1.54, 1.807) is 4.90 Å². The number of rotatable bonds is 9. The number of hydrogen-bond donors (Lipinski definition) is 1. The maximum absolute atomic E-state index is 13.0. The van der Waals surface area contributed by atoms with Gasteiger partial charge in [-0.05, 0) is 49.9 Å². The predicted molar refractivity (Wildman–Crippen MR) is 111 cm³/mol. The first kappa shape index (κ1) is 21.5. The molecular formula is C23H30N2O3. The second-order valence-corrected chi connectivity index (χ2v) is 6.88. The molecule has 2 rings (SSSR count). The lowest BCUT2D eigenvalue weighted by atomic mass is 10.1. The van der Waals surface area contributed by atoms with Gasteiger partial charge < -0.3 is 15.0 Å². The summed E-state index contributed by atoms with van der Waals surface area (Å²) >= 11 is 0. The van der Waals surface area contributed by atoms with Crippen molar-refractivity contribution in [1.29, 1.82) is 0 Å². The number of amides is 2. The third-order valence-corrected chi connectivity index (χ3v) is 4.63. The average Bonchev–Trinajstić information content (AvgIpc) is 2.69. The molecule has 1 atom stereocenters. The Balaban J connectivity index is 2.19. The van der Waals surface area contributed by atoms with Crippen LogP contribution in [0.2, 0.25) is 0 Å². The van der Waals surface area contributed by atoms with Gasteiger partial charge in [-0.25, -0.2) is 0 Å². The molecule has 2 amide bonds. The van der Waals surface area contributed by atoms with Gasteiger partial charge in [-0.1, -0.05) is 49.4 Å². The normalized spacial score (nSPS) is 11.6. The van der Waals surface area contributed by atoms with Crippen LogP contribution in [0.1, 0.15) is 37.0 Å². The second kappa shape index (κ2) is 10.5. The van der Waals surface area contributed by atoms with Crippen LogP contribution in [-0.2, 0) is 16.1 Å². The topological polar surface area (TPSA) is 58.6 Å². The smallest absolute Gasteiger partial charge is 0.261 e. The molecule has 28 heavy (non-hydrogen) atoms. The highest BCUT2D eigenvalue weighted by Gasteiger charge is 2.28. The van der Waals surface area contributed by atoms with Crippen molar-refractivity contribution < 1.29 is 14.3 Å². The summed E-state index contributed by atoms with van der Waals surface area (Å²) < 4.78 is 5.81. The molecule has 0 radical (unpaired) electrons. The van der Waals surface area contributed by atoms with Gasteiger partial charge in [0.1, 0.15) is 11.8 Å². The number of aryl methyl sites for hydroxylation is 2. The number of carbonyl (C=O) groups is 2. The van der Waals surface area contributed by atoms with E-state index in [2.05, 4.69) is 5.32 Å². The molecule has 150 valence electrons. The first-order chi connectivity index (χ1) is 13.5. The van der Waals surface area contributed by atoms with Gasteiger partial charge in [-0.15, -0.1) is 0 Å². The number of nitrogens with zero attached hydrogens (tertiary/aromatic N) is 1. The van der Waals surface area contributed by atoms with Crippen LogP contribution in [0.5, 0.6) is 5.75 Å². The van der Waals surface area contributed by atoms with Crippen LogP contribution in [0, 0.1) is 13.8 Å². The molecule has 0 bridgehead atoms. The van der Waals surface area contributed by atoms with E-state index in [-0.39, 0.29) is 18.4 Å².